The van der Waals surface area contributed by atoms with Crippen molar-refractivity contribution in [3.05, 3.63) is 19.1 Å². The van der Waals surface area contributed by atoms with Crippen LogP contribution in [0.15, 0.2) is 12.2 Å². The van der Waals surface area contributed by atoms with Gasteiger partial charge in [0, 0.05) is 0 Å². The van der Waals surface area contributed by atoms with Crippen LogP contribution in [0.4, 0.5) is 0 Å². The van der Waals surface area contributed by atoms with E-state index in [1.54, 1.807) is 0 Å². The Hall–Kier alpha value is -0.260. The van der Waals surface area contributed by atoms with Gasteiger partial charge in [-0.05, 0) is 43.9 Å². The Morgan fingerprint density at radius 1 is 1.33 bits per heavy atom. The molecule has 0 amide bonds. The fraction of sp³-hybridized carbons (Fsp3) is 0.667. The predicted octanol–water partition coefficient (Wildman–Crippen LogP) is 2.57. The number of rotatable bonds is 0. The van der Waals surface area contributed by atoms with Crippen molar-refractivity contribution in [1.29, 1.82) is 0 Å². The smallest absolute Gasteiger partial charge is 0.0117 e. The van der Waals surface area contributed by atoms with E-state index in [9.17, 15) is 0 Å². The fourth-order valence-corrected chi connectivity index (χ4v) is 1.91. The van der Waals surface area contributed by atoms with Crippen LogP contribution in [-0.2, 0) is 0 Å². The summed E-state index contributed by atoms with van der Waals surface area (Å²) in [5.41, 5.74) is 0.356. The molecule has 3 aliphatic carbocycles. The molecule has 3 aliphatic rings. The van der Waals surface area contributed by atoms with E-state index in [0.717, 1.165) is 5.92 Å². The first-order chi connectivity index (χ1) is 4.29. The molecule has 49 valence electrons. The Balaban J connectivity index is 2.28. The van der Waals surface area contributed by atoms with Gasteiger partial charge in [-0.2, -0.15) is 0 Å². The molecule has 0 spiro atoms. The predicted molar refractivity (Wildman–Crippen MR) is 38.9 cm³/mol. The number of hydrogen-bond donors (Lipinski definition) is 0. The first kappa shape index (κ1) is 5.52. The van der Waals surface area contributed by atoms with Crippen molar-refractivity contribution in [1.82, 2.24) is 0 Å². The van der Waals surface area contributed by atoms with Crippen molar-refractivity contribution in [2.45, 2.75) is 25.7 Å². The number of allylic oxidation sites excluding steroid dienone is 2. The minimum absolute atomic E-state index is 0.356. The Morgan fingerprint density at radius 3 is 2.22 bits per heavy atom. The van der Waals surface area contributed by atoms with E-state index >= 15 is 0 Å². The lowest BCUT2D eigenvalue weighted by Crippen LogP contribution is -2.26. The van der Waals surface area contributed by atoms with Gasteiger partial charge in [0.15, 0.2) is 0 Å². The molecule has 3 rings (SSSR count). The summed E-state index contributed by atoms with van der Waals surface area (Å²) in [6.45, 7) is 4.20. The van der Waals surface area contributed by atoms with Crippen LogP contribution in [0.5, 0.6) is 0 Å². The normalized spacial score (nSPS) is 47.9. The average Bonchev–Trinajstić information content (AvgIpc) is 1.90. The molecule has 0 heteroatoms. The Bertz CT molecular complexity index is 136. The molecular weight excluding hydrogens is 108 g/mol. The standard InChI is InChI=1S/C9H13/c1-9-5-2-8(3-6-9)4-7-9/h2,5,8H,1,3-4,6-7H2. The van der Waals surface area contributed by atoms with Gasteiger partial charge in [0.25, 0.3) is 0 Å². The fourth-order valence-electron chi connectivity index (χ4n) is 1.91. The maximum absolute atomic E-state index is 4.20. The van der Waals surface area contributed by atoms with Crippen molar-refractivity contribution in [2.24, 2.45) is 11.3 Å². The summed E-state index contributed by atoms with van der Waals surface area (Å²) in [5.74, 6) is 0.911. The lowest BCUT2D eigenvalue weighted by atomic mass is 9.67. The third kappa shape index (κ3) is 0.810. The SMILES string of the molecule is [CH2]C12C=CC(CC1)CC2. The van der Waals surface area contributed by atoms with Crippen LogP contribution in [0, 0.1) is 18.3 Å². The van der Waals surface area contributed by atoms with Gasteiger partial charge < -0.3 is 0 Å². The van der Waals surface area contributed by atoms with Crippen LogP contribution in [0.2, 0.25) is 0 Å². The van der Waals surface area contributed by atoms with E-state index in [2.05, 4.69) is 19.1 Å². The topological polar surface area (TPSA) is 0 Å². The second kappa shape index (κ2) is 1.62. The zero-order valence-electron chi connectivity index (χ0n) is 5.77. The molecule has 0 saturated heterocycles. The Morgan fingerprint density at radius 2 is 2.00 bits per heavy atom. The molecule has 1 saturated carbocycles. The van der Waals surface area contributed by atoms with Crippen molar-refractivity contribution in [2.75, 3.05) is 0 Å². The molecule has 0 unspecified atom stereocenters. The van der Waals surface area contributed by atoms with E-state index in [1.807, 2.05) is 0 Å². The monoisotopic (exact) mass is 121 g/mol. The van der Waals surface area contributed by atoms with Gasteiger partial charge in [0.05, 0.1) is 0 Å². The maximum Gasteiger partial charge on any atom is -0.0117 e. The van der Waals surface area contributed by atoms with Gasteiger partial charge in [0.2, 0.25) is 0 Å². The second-order valence-corrected chi connectivity index (χ2v) is 3.56. The van der Waals surface area contributed by atoms with Crippen molar-refractivity contribution < 1.29 is 0 Å². The van der Waals surface area contributed by atoms with Crippen molar-refractivity contribution >= 4 is 0 Å². The lowest BCUT2D eigenvalue weighted by molar-refractivity contribution is 0.253. The molecule has 0 heterocycles. The molecule has 0 aromatic heterocycles. The summed E-state index contributed by atoms with van der Waals surface area (Å²) in [5, 5.41) is 0. The third-order valence-electron chi connectivity index (χ3n) is 2.75. The first-order valence-electron chi connectivity index (χ1n) is 3.83. The number of fused-ring (bicyclic) bond motifs is 2. The summed E-state index contributed by atoms with van der Waals surface area (Å²) < 4.78 is 0. The summed E-state index contributed by atoms with van der Waals surface area (Å²) in [7, 11) is 0. The van der Waals surface area contributed by atoms with Crippen LogP contribution in [0.3, 0.4) is 0 Å². The van der Waals surface area contributed by atoms with Gasteiger partial charge in [0.1, 0.15) is 0 Å². The van der Waals surface area contributed by atoms with Gasteiger partial charge in [-0.1, -0.05) is 12.2 Å². The molecular formula is C9H13. The molecule has 0 aromatic carbocycles. The van der Waals surface area contributed by atoms with Crippen LogP contribution in [0.1, 0.15) is 25.7 Å². The first-order valence-corrected chi connectivity index (χ1v) is 3.83. The largest absolute Gasteiger partial charge is 0.0849 e. The molecule has 0 atom stereocenters. The maximum atomic E-state index is 4.20. The van der Waals surface area contributed by atoms with E-state index in [-0.39, 0.29) is 0 Å². The molecule has 9 heavy (non-hydrogen) atoms. The van der Waals surface area contributed by atoms with E-state index in [4.69, 9.17) is 0 Å². The van der Waals surface area contributed by atoms with Crippen LogP contribution in [-0.4, -0.2) is 0 Å². The molecule has 2 bridgehead atoms. The second-order valence-electron chi connectivity index (χ2n) is 3.56. The van der Waals surface area contributed by atoms with Gasteiger partial charge in [-0.25, -0.2) is 0 Å². The summed E-state index contributed by atoms with van der Waals surface area (Å²) in [4.78, 5) is 0. The van der Waals surface area contributed by atoms with Crippen LogP contribution in [0.25, 0.3) is 0 Å². The van der Waals surface area contributed by atoms with E-state index < -0.39 is 0 Å². The zero-order valence-corrected chi connectivity index (χ0v) is 5.77. The molecule has 1 fully saturated rings. The van der Waals surface area contributed by atoms with E-state index in [1.165, 1.54) is 25.7 Å². The number of hydrogen-bond acceptors (Lipinski definition) is 0. The highest BCUT2D eigenvalue weighted by Crippen LogP contribution is 2.44. The highest BCUT2D eigenvalue weighted by molar-refractivity contribution is 5.12. The van der Waals surface area contributed by atoms with E-state index in [0.29, 0.717) is 5.41 Å². The van der Waals surface area contributed by atoms with Crippen LogP contribution < -0.4 is 0 Å². The lowest BCUT2D eigenvalue weighted by Gasteiger charge is -2.38. The third-order valence-corrected chi connectivity index (χ3v) is 2.75. The minimum Gasteiger partial charge on any atom is -0.0849 e. The van der Waals surface area contributed by atoms with Crippen LogP contribution >= 0.6 is 0 Å². The summed E-state index contributed by atoms with van der Waals surface area (Å²) in [6.07, 6.45) is 10.1. The Kier molecular flexibility index (Phi) is 0.992. The molecule has 0 aromatic rings. The van der Waals surface area contributed by atoms with Crippen molar-refractivity contribution in [3.8, 4) is 0 Å². The minimum atomic E-state index is 0.356. The molecule has 0 nitrogen and oxygen atoms in total. The van der Waals surface area contributed by atoms with Gasteiger partial charge >= 0.3 is 0 Å². The zero-order chi connectivity index (χ0) is 6.32. The van der Waals surface area contributed by atoms with Gasteiger partial charge in [-0.3, -0.25) is 0 Å². The molecule has 1 radical (unpaired) electrons. The average molecular weight is 121 g/mol. The molecule has 0 aliphatic heterocycles. The van der Waals surface area contributed by atoms with Gasteiger partial charge in [-0.15, -0.1) is 0 Å². The summed E-state index contributed by atoms with van der Waals surface area (Å²) in [6, 6.07) is 0. The summed E-state index contributed by atoms with van der Waals surface area (Å²) >= 11 is 0. The Labute approximate surface area is 57.0 Å². The quantitative estimate of drug-likeness (QED) is 0.432. The highest BCUT2D eigenvalue weighted by Gasteiger charge is 2.31. The molecule has 0 N–H and O–H groups in total. The highest BCUT2D eigenvalue weighted by atomic mass is 14.4. The van der Waals surface area contributed by atoms with Crippen molar-refractivity contribution in [3.63, 3.8) is 0 Å².